The summed E-state index contributed by atoms with van der Waals surface area (Å²) in [6.45, 7) is 0.546. The van der Waals surface area contributed by atoms with Gasteiger partial charge in [-0.2, -0.15) is 0 Å². The first kappa shape index (κ1) is 12.3. The van der Waals surface area contributed by atoms with E-state index in [0.717, 1.165) is 17.7 Å². The number of aliphatic hydroxyl groups is 1. The van der Waals surface area contributed by atoms with Crippen LogP contribution in [-0.4, -0.2) is 27.5 Å². The molecule has 0 atom stereocenters. The molecule has 1 heterocycles. The van der Waals surface area contributed by atoms with Crippen molar-refractivity contribution in [1.29, 1.82) is 0 Å². The number of H-pyrrole nitrogens is 1. The summed E-state index contributed by atoms with van der Waals surface area (Å²) in [4.78, 5) is 18.7. The molecule has 0 radical (unpaired) electrons. The summed E-state index contributed by atoms with van der Waals surface area (Å²) in [5.41, 5.74) is 2.38. The first-order valence-electron chi connectivity index (χ1n) is 5.75. The minimum Gasteiger partial charge on any atom is -0.392 e. The van der Waals surface area contributed by atoms with Crippen LogP contribution in [0.3, 0.4) is 0 Å². The van der Waals surface area contributed by atoms with Crippen LogP contribution in [0, 0.1) is 0 Å². The maximum Gasteiger partial charge on any atom is 0.251 e. The summed E-state index contributed by atoms with van der Waals surface area (Å²) in [5, 5.41) is 11.7. The van der Waals surface area contributed by atoms with Gasteiger partial charge in [0.2, 0.25) is 0 Å². The second-order valence-electron chi connectivity index (χ2n) is 3.94. The molecule has 1 aromatic heterocycles. The largest absolute Gasteiger partial charge is 0.392 e. The van der Waals surface area contributed by atoms with Gasteiger partial charge >= 0.3 is 0 Å². The molecule has 5 nitrogen and oxygen atoms in total. The van der Waals surface area contributed by atoms with Crippen molar-refractivity contribution in [2.75, 3.05) is 6.54 Å². The molecule has 0 fully saturated rings. The lowest BCUT2D eigenvalue weighted by Crippen LogP contribution is -2.25. The van der Waals surface area contributed by atoms with E-state index < -0.39 is 0 Å². The third-order valence-corrected chi connectivity index (χ3v) is 2.63. The van der Waals surface area contributed by atoms with Crippen molar-refractivity contribution in [3.8, 4) is 0 Å². The maximum absolute atomic E-state index is 11.8. The summed E-state index contributed by atoms with van der Waals surface area (Å²) in [5.74, 6) is -0.112. The predicted octanol–water partition coefficient (Wildman–Crippen LogP) is 0.874. The molecule has 0 aliphatic carbocycles. The van der Waals surface area contributed by atoms with E-state index in [0.29, 0.717) is 12.1 Å². The standard InChI is InChI=1S/C13H15N3O2/c17-8-10-1-3-11(4-2-10)13(18)15-6-5-12-7-14-9-16-12/h1-4,7,9,17H,5-6,8H2,(H,14,16)(H,15,18). The molecule has 18 heavy (non-hydrogen) atoms. The minimum atomic E-state index is -0.112. The molecule has 2 rings (SSSR count). The normalized spacial score (nSPS) is 10.3. The zero-order valence-corrected chi connectivity index (χ0v) is 9.89. The Morgan fingerprint density at radius 1 is 1.33 bits per heavy atom. The quantitative estimate of drug-likeness (QED) is 0.731. The van der Waals surface area contributed by atoms with Crippen molar-refractivity contribution in [3.05, 3.63) is 53.6 Å². The Kier molecular flexibility index (Phi) is 4.09. The van der Waals surface area contributed by atoms with Crippen LogP contribution >= 0.6 is 0 Å². The number of aromatic nitrogens is 2. The molecule has 0 aliphatic rings. The number of nitrogens with one attached hydrogen (secondary N) is 2. The number of carbonyl (C=O) groups is 1. The van der Waals surface area contributed by atoms with Crippen molar-refractivity contribution < 1.29 is 9.90 Å². The number of benzene rings is 1. The van der Waals surface area contributed by atoms with Crippen molar-refractivity contribution in [1.82, 2.24) is 15.3 Å². The Balaban J connectivity index is 1.83. The topological polar surface area (TPSA) is 78.0 Å². The third-order valence-electron chi connectivity index (χ3n) is 2.63. The van der Waals surface area contributed by atoms with Gasteiger partial charge in [0.25, 0.3) is 5.91 Å². The van der Waals surface area contributed by atoms with Crippen molar-refractivity contribution in [2.24, 2.45) is 0 Å². The smallest absolute Gasteiger partial charge is 0.251 e. The van der Waals surface area contributed by atoms with E-state index in [1.165, 1.54) is 0 Å². The lowest BCUT2D eigenvalue weighted by Gasteiger charge is -2.04. The van der Waals surface area contributed by atoms with E-state index >= 15 is 0 Å². The third kappa shape index (κ3) is 3.18. The molecule has 0 saturated heterocycles. The molecular weight excluding hydrogens is 230 g/mol. The molecule has 2 aromatic rings. The van der Waals surface area contributed by atoms with Gasteiger partial charge in [-0.1, -0.05) is 12.1 Å². The molecule has 0 saturated carbocycles. The van der Waals surface area contributed by atoms with Gasteiger partial charge in [0.05, 0.1) is 12.9 Å². The number of aliphatic hydroxyl groups excluding tert-OH is 1. The van der Waals surface area contributed by atoms with Crippen LogP contribution in [0.2, 0.25) is 0 Å². The van der Waals surface area contributed by atoms with Gasteiger partial charge in [-0.3, -0.25) is 4.79 Å². The molecule has 3 N–H and O–H groups in total. The Bertz CT molecular complexity index is 491. The highest BCUT2D eigenvalue weighted by Crippen LogP contribution is 2.04. The molecule has 1 aromatic carbocycles. The monoisotopic (exact) mass is 245 g/mol. The van der Waals surface area contributed by atoms with E-state index in [-0.39, 0.29) is 12.5 Å². The average Bonchev–Trinajstić information content (AvgIpc) is 2.92. The van der Waals surface area contributed by atoms with E-state index in [2.05, 4.69) is 15.3 Å². The summed E-state index contributed by atoms with van der Waals surface area (Å²) < 4.78 is 0. The van der Waals surface area contributed by atoms with Crippen LogP contribution in [0.15, 0.2) is 36.8 Å². The Morgan fingerprint density at radius 2 is 2.11 bits per heavy atom. The highest BCUT2D eigenvalue weighted by molar-refractivity contribution is 5.94. The summed E-state index contributed by atoms with van der Waals surface area (Å²) in [6.07, 6.45) is 4.08. The van der Waals surface area contributed by atoms with E-state index in [1.807, 2.05) is 0 Å². The number of imidazole rings is 1. The Labute approximate surface area is 105 Å². The minimum absolute atomic E-state index is 0.0122. The van der Waals surface area contributed by atoms with Crippen LogP contribution < -0.4 is 5.32 Å². The molecule has 94 valence electrons. The highest BCUT2D eigenvalue weighted by Gasteiger charge is 2.04. The number of rotatable bonds is 5. The first-order chi connectivity index (χ1) is 8.79. The SMILES string of the molecule is O=C(NCCc1cnc[nH]1)c1ccc(CO)cc1. The predicted molar refractivity (Wildman–Crippen MR) is 67.0 cm³/mol. The lowest BCUT2D eigenvalue weighted by molar-refractivity contribution is 0.0954. The van der Waals surface area contributed by atoms with Crippen LogP contribution in [0.25, 0.3) is 0 Å². The number of amides is 1. The van der Waals surface area contributed by atoms with Crippen molar-refractivity contribution >= 4 is 5.91 Å². The van der Waals surface area contributed by atoms with Gasteiger partial charge in [0.15, 0.2) is 0 Å². The zero-order valence-electron chi connectivity index (χ0n) is 9.89. The van der Waals surface area contributed by atoms with Gasteiger partial charge in [-0.15, -0.1) is 0 Å². The fourth-order valence-corrected chi connectivity index (χ4v) is 1.60. The van der Waals surface area contributed by atoms with Crippen molar-refractivity contribution in [3.63, 3.8) is 0 Å². The molecule has 0 unspecified atom stereocenters. The molecule has 5 heteroatoms. The number of hydrogen-bond donors (Lipinski definition) is 3. The van der Waals surface area contributed by atoms with Gasteiger partial charge in [-0.05, 0) is 17.7 Å². The van der Waals surface area contributed by atoms with Gasteiger partial charge < -0.3 is 15.4 Å². The summed E-state index contributed by atoms with van der Waals surface area (Å²) >= 11 is 0. The van der Waals surface area contributed by atoms with Crippen LogP contribution in [-0.2, 0) is 13.0 Å². The van der Waals surface area contributed by atoms with E-state index in [1.54, 1.807) is 36.8 Å². The molecule has 1 amide bonds. The van der Waals surface area contributed by atoms with Crippen molar-refractivity contribution in [2.45, 2.75) is 13.0 Å². The summed E-state index contributed by atoms with van der Waals surface area (Å²) in [6, 6.07) is 6.89. The fourth-order valence-electron chi connectivity index (χ4n) is 1.60. The van der Waals surface area contributed by atoms with Crippen LogP contribution in [0.1, 0.15) is 21.6 Å². The van der Waals surface area contributed by atoms with E-state index in [9.17, 15) is 4.79 Å². The van der Waals surface area contributed by atoms with Crippen LogP contribution in [0.5, 0.6) is 0 Å². The van der Waals surface area contributed by atoms with Gasteiger partial charge in [0, 0.05) is 30.4 Å². The number of hydrogen-bond acceptors (Lipinski definition) is 3. The Morgan fingerprint density at radius 3 is 2.72 bits per heavy atom. The molecule has 0 aliphatic heterocycles. The fraction of sp³-hybridized carbons (Fsp3) is 0.231. The molecular formula is C13H15N3O2. The maximum atomic E-state index is 11.8. The number of aromatic amines is 1. The van der Waals surface area contributed by atoms with Gasteiger partial charge in [-0.25, -0.2) is 4.98 Å². The molecule has 0 spiro atoms. The first-order valence-corrected chi connectivity index (χ1v) is 5.75. The molecule has 0 bridgehead atoms. The van der Waals surface area contributed by atoms with E-state index in [4.69, 9.17) is 5.11 Å². The van der Waals surface area contributed by atoms with Crippen LogP contribution in [0.4, 0.5) is 0 Å². The average molecular weight is 245 g/mol. The lowest BCUT2D eigenvalue weighted by atomic mass is 10.1. The number of carbonyl (C=O) groups excluding carboxylic acids is 1. The highest BCUT2D eigenvalue weighted by atomic mass is 16.3. The van der Waals surface area contributed by atoms with Gasteiger partial charge in [0.1, 0.15) is 0 Å². The number of nitrogens with zero attached hydrogens (tertiary/aromatic N) is 1. The second kappa shape index (κ2) is 5.97. The Hall–Kier alpha value is -2.14. The zero-order chi connectivity index (χ0) is 12.8. The second-order valence-corrected chi connectivity index (χ2v) is 3.94. The summed E-state index contributed by atoms with van der Waals surface area (Å²) in [7, 11) is 0.